The van der Waals surface area contributed by atoms with E-state index in [9.17, 15) is 4.79 Å². The van der Waals surface area contributed by atoms with Crippen LogP contribution < -0.4 is 10.4 Å². The topological polar surface area (TPSA) is 95.5 Å². The van der Waals surface area contributed by atoms with E-state index in [0.717, 1.165) is 20.9 Å². The molecule has 0 amide bonds. The normalized spacial score (nSPS) is 11.7. The second-order valence-corrected chi connectivity index (χ2v) is 4.68. The lowest BCUT2D eigenvalue weighted by atomic mass is 10.2. The summed E-state index contributed by atoms with van der Waals surface area (Å²) >= 11 is 0. The Balaban J connectivity index is 1.97. The summed E-state index contributed by atoms with van der Waals surface area (Å²) in [5, 5.41) is 12.4. The number of aromatic amines is 1. The van der Waals surface area contributed by atoms with Crippen molar-refractivity contribution in [3.8, 4) is 11.7 Å². The highest BCUT2D eigenvalue weighted by Crippen LogP contribution is 2.20. The molecule has 9 heteroatoms. The number of rotatable bonds is 4. The predicted octanol–water partition coefficient (Wildman–Crippen LogP) is -0.0850. The Hall–Kier alpha value is -2.84. The van der Waals surface area contributed by atoms with Crippen molar-refractivity contribution < 1.29 is 6.15 Å². The molecule has 0 aromatic carbocycles. The van der Waals surface area contributed by atoms with Crippen LogP contribution >= 0.6 is 0 Å². The van der Waals surface area contributed by atoms with Gasteiger partial charge in [-0.2, -0.15) is 4.68 Å². The average Bonchev–Trinajstić information content (AvgIpc) is 3.09. The standard InChI is InChI=1S/C12H15N7O2/c1-8-6-17(2)11(19-12(20)18(3)15-16-19)9(8)7-21-10-4-5-13-14-10/h4-6H,7H2,1-3H3,(H,13,14)/i/hT. The first-order valence-electron chi connectivity index (χ1n) is 6.74. The molecule has 0 saturated carbocycles. The van der Waals surface area contributed by atoms with E-state index in [2.05, 4.69) is 15.5 Å². The van der Waals surface area contributed by atoms with Crippen molar-refractivity contribution in [2.75, 3.05) is 0 Å². The molecule has 0 aliphatic heterocycles. The van der Waals surface area contributed by atoms with Crippen LogP contribution in [0.25, 0.3) is 5.82 Å². The Morgan fingerprint density at radius 3 is 2.86 bits per heavy atom. The summed E-state index contributed by atoms with van der Waals surface area (Å²) in [4.78, 5) is 12.1. The highest BCUT2D eigenvalue weighted by atomic mass is 16.5. The van der Waals surface area contributed by atoms with E-state index in [0.29, 0.717) is 11.7 Å². The van der Waals surface area contributed by atoms with Crippen LogP contribution in [0, 0.1) is 6.92 Å². The minimum Gasteiger partial charge on any atom is -0.472 e. The van der Waals surface area contributed by atoms with E-state index in [1.807, 2.05) is 20.2 Å². The zero-order chi connectivity index (χ0) is 15.9. The maximum absolute atomic E-state index is 12.1. The molecule has 0 aliphatic carbocycles. The highest BCUT2D eigenvalue weighted by molar-refractivity contribution is 5.41. The molecular formula is C12H15N7O2. The number of hydrogen-bond donors (Lipinski definition) is 1. The van der Waals surface area contributed by atoms with Crippen molar-refractivity contribution >= 4 is 0 Å². The molecule has 3 aromatic heterocycles. The molecule has 3 aromatic rings. The fraction of sp³-hybridized carbons (Fsp3) is 0.333. The smallest absolute Gasteiger partial charge is 0.369 e. The Kier molecular flexibility index (Phi) is 2.80. The zero-order valence-electron chi connectivity index (χ0n) is 12.9. The predicted molar refractivity (Wildman–Crippen MR) is 73.2 cm³/mol. The molecule has 0 saturated heterocycles. The number of tetrazole rings is 1. The van der Waals surface area contributed by atoms with Crippen molar-refractivity contribution in [2.45, 2.75) is 13.5 Å². The lowest BCUT2D eigenvalue weighted by molar-refractivity contribution is 0.292. The summed E-state index contributed by atoms with van der Waals surface area (Å²) in [6.07, 6.45) is 3.36. The average molecular weight is 291 g/mol. The van der Waals surface area contributed by atoms with Crippen LogP contribution in [-0.2, 0) is 20.7 Å². The lowest BCUT2D eigenvalue weighted by Gasteiger charge is -2.07. The third-order valence-electron chi connectivity index (χ3n) is 3.19. The van der Waals surface area contributed by atoms with Gasteiger partial charge in [0.05, 0.1) is 0 Å². The number of nitrogens with zero attached hydrogens (tertiary/aromatic N) is 6. The number of nitrogens with one attached hydrogen (secondary N) is 1. The molecule has 0 atom stereocenters. The summed E-state index contributed by atoms with van der Waals surface area (Å²) in [7, 11) is 3.37. The number of aromatic nitrogens is 7. The van der Waals surface area contributed by atoms with Gasteiger partial charge < -0.3 is 9.30 Å². The van der Waals surface area contributed by atoms with Gasteiger partial charge in [-0.1, -0.05) is 0 Å². The molecule has 9 nitrogen and oxygen atoms in total. The molecular weight excluding hydrogens is 274 g/mol. The molecule has 0 radical (unpaired) electrons. The van der Waals surface area contributed by atoms with Crippen LogP contribution in [0.15, 0.2) is 23.3 Å². The van der Waals surface area contributed by atoms with Gasteiger partial charge in [-0.05, 0) is 22.9 Å². The largest absolute Gasteiger partial charge is 0.472 e. The monoisotopic (exact) mass is 291 g/mol. The van der Waals surface area contributed by atoms with E-state index in [-0.39, 0.29) is 12.3 Å². The summed E-state index contributed by atoms with van der Waals surface area (Å²) < 4.78 is 17.1. The number of ether oxygens (including phenoxy) is 1. The van der Waals surface area contributed by atoms with Gasteiger partial charge >= 0.3 is 5.69 Å². The molecule has 3 rings (SSSR count). The van der Waals surface area contributed by atoms with E-state index in [1.54, 1.807) is 17.7 Å². The van der Waals surface area contributed by atoms with Crippen molar-refractivity contribution in [2.24, 2.45) is 14.1 Å². The quantitative estimate of drug-likeness (QED) is 0.725. The zero-order valence-corrected chi connectivity index (χ0v) is 11.9. The fourth-order valence-corrected chi connectivity index (χ4v) is 2.16. The number of H-pyrrole nitrogens is 1. The number of aryl methyl sites for hydroxylation is 3. The molecule has 0 fully saturated rings. The Morgan fingerprint density at radius 1 is 1.43 bits per heavy atom. The van der Waals surface area contributed by atoms with Gasteiger partial charge in [0.1, 0.15) is 12.4 Å². The third-order valence-corrected chi connectivity index (χ3v) is 3.19. The molecule has 1 N–H and O–H groups in total. The van der Waals surface area contributed by atoms with Gasteiger partial charge in [0.15, 0.2) is 1.41 Å². The first-order chi connectivity index (χ1) is 10.5. The minimum absolute atomic E-state index is 0.210. The molecule has 0 unspecified atom stereocenters. The summed E-state index contributed by atoms with van der Waals surface area (Å²) in [5.74, 6) is 0.941. The summed E-state index contributed by atoms with van der Waals surface area (Å²) in [6, 6.07) is 1.60. The van der Waals surface area contributed by atoms with Crippen LogP contribution in [0.4, 0.5) is 0 Å². The van der Waals surface area contributed by atoms with Crippen LogP contribution in [-0.4, -0.2) is 34.5 Å². The molecule has 0 spiro atoms. The maximum atomic E-state index is 12.1. The minimum atomic E-state index is -0.335. The van der Waals surface area contributed by atoms with Gasteiger partial charge in [0.25, 0.3) is 0 Å². The lowest BCUT2D eigenvalue weighted by Crippen LogP contribution is -2.24. The first-order valence-corrected chi connectivity index (χ1v) is 6.29. The van der Waals surface area contributed by atoms with Crippen LogP contribution in [0.3, 0.4) is 0 Å². The molecule has 110 valence electrons. The first kappa shape index (κ1) is 11.9. The van der Waals surface area contributed by atoms with Gasteiger partial charge in [0.2, 0.25) is 5.88 Å². The fourth-order valence-electron chi connectivity index (χ4n) is 2.16. The van der Waals surface area contributed by atoms with E-state index >= 15 is 0 Å². The Labute approximate surface area is 121 Å². The second-order valence-electron chi connectivity index (χ2n) is 4.68. The summed E-state index contributed by atoms with van der Waals surface area (Å²) in [5.41, 5.74) is 1.43. The van der Waals surface area contributed by atoms with Gasteiger partial charge in [-0.3, -0.25) is 5.09 Å². The molecule has 3 heterocycles. The van der Waals surface area contributed by atoms with Crippen LogP contribution in [0.1, 0.15) is 11.1 Å². The van der Waals surface area contributed by atoms with E-state index < -0.39 is 0 Å². The van der Waals surface area contributed by atoms with Crippen molar-refractivity contribution in [1.29, 1.82) is 0 Å². The van der Waals surface area contributed by atoms with Crippen LogP contribution in [0.2, 0.25) is 1.41 Å². The SMILES string of the molecule is [3H]n1ccc(OCc2c(C)cn(C)c2-n2nnn(C)c2=O)n1. The van der Waals surface area contributed by atoms with Crippen molar-refractivity contribution in [1.82, 2.24) is 34.5 Å². The highest BCUT2D eigenvalue weighted by Gasteiger charge is 2.18. The van der Waals surface area contributed by atoms with E-state index in [4.69, 9.17) is 6.15 Å². The maximum Gasteiger partial charge on any atom is 0.369 e. The van der Waals surface area contributed by atoms with Crippen LogP contribution in [0.5, 0.6) is 5.88 Å². The molecule has 21 heavy (non-hydrogen) atoms. The van der Waals surface area contributed by atoms with Crippen molar-refractivity contribution in [3.63, 3.8) is 0 Å². The van der Waals surface area contributed by atoms with Crippen molar-refractivity contribution in [3.05, 3.63) is 40.1 Å². The van der Waals surface area contributed by atoms with Gasteiger partial charge in [0, 0.05) is 38.1 Å². The van der Waals surface area contributed by atoms with E-state index in [1.165, 1.54) is 10.9 Å². The molecule has 0 aliphatic rings. The summed E-state index contributed by atoms with van der Waals surface area (Å²) in [6.45, 7) is 2.13. The second kappa shape index (κ2) is 4.93. The number of hydrogen-bond acceptors (Lipinski definition) is 5. The Bertz CT molecular complexity index is 873. The van der Waals surface area contributed by atoms with Gasteiger partial charge in [-0.25, -0.2) is 4.79 Å². The Morgan fingerprint density at radius 2 is 2.24 bits per heavy atom. The van der Waals surface area contributed by atoms with Gasteiger partial charge in [-0.15, -0.1) is 9.78 Å². The molecule has 0 bridgehead atoms. The third kappa shape index (κ3) is 2.22.